The van der Waals surface area contributed by atoms with Crippen LogP contribution in [0.25, 0.3) is 5.57 Å². The molecule has 4 heterocycles. The number of nitrogens with one attached hydrogen (secondary N) is 8. The van der Waals surface area contributed by atoms with E-state index in [1.807, 2.05) is 0 Å². The van der Waals surface area contributed by atoms with Crippen LogP contribution in [0.3, 0.4) is 0 Å². The molecule has 8 rings (SSSR count). The largest absolute Gasteiger partial charge is 0.507 e. The van der Waals surface area contributed by atoms with E-state index in [0.717, 1.165) is 50.2 Å². The van der Waals surface area contributed by atoms with Gasteiger partial charge in [0.2, 0.25) is 58.8 Å². The number of phenols is 1. The van der Waals surface area contributed by atoms with E-state index in [0.29, 0.717) is 5.56 Å². The number of likely N-dealkylation sites (N-methyl/N-ethyl adjacent to an activating group) is 1. The lowest BCUT2D eigenvalue weighted by molar-refractivity contribution is -0.327. The van der Waals surface area contributed by atoms with Gasteiger partial charge in [-0.05, 0) is 155 Å². The van der Waals surface area contributed by atoms with E-state index in [1.54, 1.807) is 26.8 Å². The Bertz CT molecular complexity index is 4610. The first-order chi connectivity index (χ1) is 60.6. The second kappa shape index (κ2) is 48.2. The zero-order chi connectivity index (χ0) is 96.1. The Morgan fingerprint density at radius 1 is 0.744 bits per heavy atom. The van der Waals surface area contributed by atoms with Gasteiger partial charge in [-0.2, -0.15) is 0 Å². The Labute approximate surface area is 751 Å². The van der Waals surface area contributed by atoms with Gasteiger partial charge < -0.3 is 169 Å². The lowest BCUT2D eigenvalue weighted by Crippen LogP contribution is -2.61. The predicted molar refractivity (Wildman–Crippen MR) is 455 cm³/mol. The number of carbonyl (C=O) groups excluding carboxylic acids is 10. The number of fused-ring (bicyclic) bond motifs is 9. The molecule has 4 aromatic rings. The number of benzene rings is 4. The van der Waals surface area contributed by atoms with Crippen molar-refractivity contribution in [2.45, 2.75) is 246 Å². The van der Waals surface area contributed by atoms with Crippen LogP contribution in [0.2, 0.25) is 10.0 Å². The standard InChI is InChI=1S/C84H119Cl2N11O32/c1-36(2)20-50(90-9)77(118)97-67-68(111)43-14-17-57(49(86)24-43)125-59-26-44(25-58(124-56-16-12-37(3)21-48(56)85)75(59)129-84(29-53(106)69(112)61(34-100)128-84)35-123-63(110)30-83(8,89)40(6)102)65(96-78(119)51(28-62(87)109)94-81(67)122)80(121)95-64(76(88)117)42-13-15-52(105)46(23-42)39(5)47(27-45(104)22-38(4)101)66(93-41(7)103)79(120)92-19-11-10-18-91-31-54(107)70(113)74(55(108)32-98)127-82-73(116)72(115)71(114)60(33-99)126-82/h12-17,21,23-26,36,40,50-51,53-55,60-61,63-74,82,90-91,98-100,102,105-108,110-116H,10-11,18-20,22,27-35,89H2,1-9H3,(H2,87,109)(H2,88,117)(H,92,120)(H,93,103)(H,94,122)(H,95,121)(H,96,119)(H,97,118)/b47-39-. The summed E-state index contributed by atoms with van der Waals surface area (Å²) in [7, 11) is 1.46. The van der Waals surface area contributed by atoms with Crippen molar-refractivity contribution in [2.24, 2.45) is 23.1 Å². The average molecular weight is 1870 g/mol. The number of halogens is 2. The van der Waals surface area contributed by atoms with E-state index in [2.05, 4.69) is 42.5 Å². The highest BCUT2D eigenvalue weighted by molar-refractivity contribution is 6.32. The summed E-state index contributed by atoms with van der Waals surface area (Å²) < 4.78 is 43.1. The minimum absolute atomic E-state index is 0.0596. The quantitative estimate of drug-likeness (QED) is 0.0114. The lowest BCUT2D eigenvalue weighted by atomic mass is 9.89. The summed E-state index contributed by atoms with van der Waals surface area (Å²) in [5.74, 6) is -16.8. The van der Waals surface area contributed by atoms with Crippen LogP contribution < -0.4 is 73.9 Å². The molecule has 4 aromatic carbocycles. The first kappa shape index (κ1) is 107. The molecular formula is C84H119Cl2N11O32. The number of unbranched alkanes of at least 4 members (excludes halogenated alkanes) is 1. The molecule has 23 unspecified atom stereocenters. The molecule has 8 amide bonds. The summed E-state index contributed by atoms with van der Waals surface area (Å²) in [4.78, 5) is 142. The molecule has 23 atom stereocenters. The smallest absolute Gasteiger partial charge is 0.248 e. The maximum atomic E-state index is 16.1. The molecule has 2 saturated heterocycles. The van der Waals surface area contributed by atoms with Crippen LogP contribution in [0.1, 0.15) is 146 Å². The van der Waals surface area contributed by atoms with Gasteiger partial charge in [0, 0.05) is 50.4 Å². The van der Waals surface area contributed by atoms with Crippen molar-refractivity contribution in [2.75, 3.05) is 53.1 Å². The van der Waals surface area contributed by atoms with E-state index in [4.69, 9.17) is 73.6 Å². The summed E-state index contributed by atoms with van der Waals surface area (Å²) in [5, 5.41) is 183. The molecule has 45 heteroatoms. The number of primary amides is 2. The fraction of sp³-hybridized carbons (Fsp3) is 0.571. The van der Waals surface area contributed by atoms with Gasteiger partial charge in [0.05, 0.1) is 67.1 Å². The maximum Gasteiger partial charge on any atom is 0.248 e. The molecular weight excluding hydrogens is 1750 g/mol. The van der Waals surface area contributed by atoms with E-state index < -0.39 is 297 Å². The SMILES string of the molecule is CNC(CC(C)C)C(=O)NC1C(=O)NC(CC(N)=O)C(=O)NC(C(=O)NC(C(N)=O)c2ccc(O)c(/C(C)=C(/CC(=O)CC(C)=O)C(NC(C)=O)C(=O)NCCCCNCC(O)C(O)C(OC3OC(CO)C(O)C(O)C3O)C(O)CO)c2)c2cc(Oc3ccc(C)cc3Cl)c(OC3(COC(O)CC(C)(N)C(C)O)CC(O)C(O)C(CO)O3)c(c2)Oc2ccc(cc2Cl)C1O. The maximum absolute atomic E-state index is 16.1. The van der Waals surface area contributed by atoms with Gasteiger partial charge in [0.15, 0.2) is 24.1 Å². The number of amides is 8. The Morgan fingerprint density at radius 3 is 2.03 bits per heavy atom. The van der Waals surface area contributed by atoms with Crippen molar-refractivity contribution in [1.82, 2.24) is 42.5 Å². The number of Topliss-reactive ketones (excluding diaryl/α,β-unsaturated/α-hetero) is 2. The topological polar surface area (TPSA) is 713 Å². The van der Waals surface area contributed by atoms with E-state index >= 15 is 9.59 Å². The van der Waals surface area contributed by atoms with Crippen molar-refractivity contribution in [1.29, 1.82) is 0 Å². The second-order valence-corrected chi connectivity index (χ2v) is 33.6. The third-order valence-corrected chi connectivity index (χ3v) is 22.3. The molecule has 0 radical (unpaired) electrons. The number of ether oxygens (including phenoxy) is 7. The predicted octanol–water partition coefficient (Wildman–Crippen LogP) is -4.02. The Kier molecular flexibility index (Phi) is 39.8. The molecule has 0 aromatic heterocycles. The number of hydrogen-bond acceptors (Lipinski definition) is 35. The number of aromatic hydroxyl groups is 1. The van der Waals surface area contributed by atoms with Crippen molar-refractivity contribution in [3.05, 3.63) is 110 Å². The van der Waals surface area contributed by atoms with E-state index in [-0.39, 0.29) is 82.6 Å². The molecule has 0 saturated carbocycles. The Hall–Kier alpha value is -9.34. The van der Waals surface area contributed by atoms with Crippen molar-refractivity contribution >= 4 is 87.6 Å². The van der Waals surface area contributed by atoms with Gasteiger partial charge in [0.1, 0.15) is 127 Å². The molecule has 0 aliphatic carbocycles. The molecule has 29 N–H and O–H groups in total. The first-order valence-corrected chi connectivity index (χ1v) is 42.1. The van der Waals surface area contributed by atoms with Gasteiger partial charge in [-0.1, -0.05) is 55.2 Å². The lowest BCUT2D eigenvalue weighted by Gasteiger charge is -2.45. The minimum Gasteiger partial charge on any atom is -0.507 e. The van der Waals surface area contributed by atoms with Gasteiger partial charge in [-0.25, -0.2) is 0 Å². The summed E-state index contributed by atoms with van der Waals surface area (Å²) in [6, 6.07) is 1.52. The Morgan fingerprint density at radius 2 is 1.43 bits per heavy atom. The molecule has 716 valence electrons. The highest BCUT2D eigenvalue weighted by atomic mass is 35.5. The zero-order valence-electron chi connectivity index (χ0n) is 72.3. The molecule has 43 nitrogen and oxygen atoms in total. The molecule has 4 aliphatic rings. The number of aryl methyl sites for hydroxylation is 1. The van der Waals surface area contributed by atoms with Crippen LogP contribution in [0.4, 0.5) is 0 Å². The van der Waals surface area contributed by atoms with Crippen LogP contribution in [0.5, 0.6) is 34.5 Å². The molecule has 129 heavy (non-hydrogen) atoms. The number of rotatable bonds is 44. The summed E-state index contributed by atoms with van der Waals surface area (Å²) in [6.07, 6.45) is -30.6. The fourth-order valence-corrected chi connectivity index (χ4v) is 14.8. The number of nitrogens with two attached hydrogens (primary N) is 3. The number of allylic oxidation sites excluding steroid dienone is 1. The molecule has 0 spiro atoms. The minimum atomic E-state index is -2.54. The summed E-state index contributed by atoms with van der Waals surface area (Å²) >= 11 is 14.0. The fourth-order valence-electron chi connectivity index (χ4n) is 14.3. The number of aliphatic hydroxyl groups is 14. The van der Waals surface area contributed by atoms with E-state index in [1.165, 1.54) is 52.1 Å². The molecule has 2 fully saturated rings. The van der Waals surface area contributed by atoms with Crippen LogP contribution in [-0.4, -0.2) is 310 Å². The normalized spacial score (nSPS) is 24.8. The second-order valence-electron chi connectivity index (χ2n) is 32.8. The molecule has 4 aliphatic heterocycles. The highest BCUT2D eigenvalue weighted by Crippen LogP contribution is 2.50. The first-order valence-electron chi connectivity index (χ1n) is 41.3. The van der Waals surface area contributed by atoms with Crippen molar-refractivity contribution < 1.29 is 158 Å². The van der Waals surface area contributed by atoms with Crippen LogP contribution >= 0.6 is 23.2 Å². The van der Waals surface area contributed by atoms with Crippen LogP contribution in [0, 0.1) is 12.8 Å². The van der Waals surface area contributed by atoms with Gasteiger partial charge >= 0.3 is 0 Å². The summed E-state index contributed by atoms with van der Waals surface area (Å²) in [6.45, 7) is 7.08. The van der Waals surface area contributed by atoms with Gasteiger partial charge in [-0.3, -0.25) is 47.9 Å². The number of carbonyl (C=O) groups is 10. The number of ketones is 2. The molecule has 4 bridgehead atoms. The van der Waals surface area contributed by atoms with Gasteiger partial charge in [0.25, 0.3) is 0 Å². The number of phenolic OH excluding ortho intramolecular Hbond substituents is 1. The van der Waals surface area contributed by atoms with Gasteiger partial charge in [-0.15, -0.1) is 0 Å². The third-order valence-electron chi connectivity index (χ3n) is 21.7. The van der Waals surface area contributed by atoms with E-state index in [9.17, 15) is 115 Å². The summed E-state index contributed by atoms with van der Waals surface area (Å²) in [5.41, 5.74) is 15.7. The third kappa shape index (κ3) is 29.1. The van der Waals surface area contributed by atoms with Crippen LogP contribution in [-0.2, 0) is 66.9 Å². The number of aliphatic hydroxyl groups excluding tert-OH is 14. The zero-order valence-corrected chi connectivity index (χ0v) is 73.8. The average Bonchev–Trinajstić information content (AvgIpc) is 0.759. The van der Waals surface area contributed by atoms with Crippen molar-refractivity contribution in [3.63, 3.8) is 0 Å². The Balaban J connectivity index is 1.36. The highest BCUT2D eigenvalue weighted by Gasteiger charge is 2.52. The van der Waals surface area contributed by atoms with Crippen LogP contribution in [0.15, 0.2) is 72.3 Å². The van der Waals surface area contributed by atoms with Crippen molar-refractivity contribution in [3.8, 4) is 34.5 Å². The monoisotopic (exact) mass is 1860 g/mol. The number of hydrogen-bond donors (Lipinski definition) is 26.